The van der Waals surface area contributed by atoms with Crippen molar-refractivity contribution >= 4 is 39.0 Å². The lowest BCUT2D eigenvalue weighted by atomic mass is 9.77. The highest BCUT2D eigenvalue weighted by Gasteiger charge is 2.51. The summed E-state index contributed by atoms with van der Waals surface area (Å²) in [6, 6.07) is 15.9. The molecule has 0 bridgehead atoms. The van der Waals surface area contributed by atoms with E-state index < -0.39 is 87.4 Å². The molecule has 11 nitrogen and oxygen atoms in total. The quantitative estimate of drug-likeness (QED) is 0.155. The Morgan fingerprint density at radius 3 is 2.07 bits per heavy atom. The molecule has 1 unspecified atom stereocenters. The highest BCUT2D eigenvalue weighted by atomic mass is 35.5. The number of hydrogen-bond donors (Lipinski definition) is 4. The van der Waals surface area contributed by atoms with Gasteiger partial charge in [0.15, 0.2) is 9.84 Å². The van der Waals surface area contributed by atoms with Gasteiger partial charge in [-0.15, -0.1) is 0 Å². The number of nitrogens with zero attached hydrogens (tertiary/aromatic N) is 1. The average Bonchev–Trinajstić information content (AvgIpc) is 3.87. The van der Waals surface area contributed by atoms with E-state index >= 15 is 0 Å². The number of methoxy groups -OCH3 is 1. The fraction of sp³-hybridized carbons (Fsp3) is 0.488. The van der Waals surface area contributed by atoms with E-state index in [1.165, 1.54) is 25.9 Å². The minimum absolute atomic E-state index is 0.0315. The molecule has 5 rings (SSSR count). The average molecular weight is 835 g/mol. The summed E-state index contributed by atoms with van der Waals surface area (Å²) in [5, 5.41) is 16.8. The Kier molecular flexibility index (Phi) is 14.1. The molecule has 310 valence electrons. The molecule has 3 aromatic rings. The summed E-state index contributed by atoms with van der Waals surface area (Å²) in [7, 11) is -2.59. The van der Waals surface area contributed by atoms with Crippen LogP contribution in [0.15, 0.2) is 72.8 Å². The van der Waals surface area contributed by atoms with Gasteiger partial charge in [-0.3, -0.25) is 19.3 Å². The molecule has 16 heteroatoms. The van der Waals surface area contributed by atoms with Crippen molar-refractivity contribution in [1.29, 1.82) is 0 Å². The van der Waals surface area contributed by atoms with Crippen LogP contribution in [0.2, 0.25) is 5.02 Å². The van der Waals surface area contributed by atoms with Crippen molar-refractivity contribution in [3.8, 4) is 5.75 Å². The number of Topliss-reactive ketones (excluding diaryl/α,β-unsaturated/α-hetero) is 1. The number of amides is 2. The first-order valence-corrected chi connectivity index (χ1v) is 21.0. The standard InChI is InChI=1S/C41H50ClF3N4O7S/c1-25(2)35(36(50)41(43,44)45)48-37(51)34-21-32(57(54,55)24-28-10-16-31(56-3)17-11-28)23-49(34)38(52)33(20-26-6-8-27(22-46)9-7-26)47-39(53)40(18-4-5-19-40)29-12-14-30(42)15-13-29/h6-17,25,32-35,38,52H,4-5,18-24,46H2,1-3H3,(H,47,53)(H,48,51)/t32-,33+,34+,35+,38?/m1/s1. The van der Waals surface area contributed by atoms with Crippen molar-refractivity contribution in [1.82, 2.24) is 15.5 Å². The number of halogens is 4. The van der Waals surface area contributed by atoms with Gasteiger partial charge in [0, 0.05) is 18.1 Å². The lowest BCUT2D eigenvalue weighted by molar-refractivity contribution is -0.175. The molecule has 0 radical (unpaired) electrons. The molecule has 1 aliphatic carbocycles. The van der Waals surface area contributed by atoms with E-state index in [-0.39, 0.29) is 18.9 Å². The van der Waals surface area contributed by atoms with E-state index in [0.29, 0.717) is 34.7 Å². The summed E-state index contributed by atoms with van der Waals surface area (Å²) in [5.74, 6) is -4.50. The summed E-state index contributed by atoms with van der Waals surface area (Å²) in [6.45, 7) is 2.58. The molecule has 1 aliphatic heterocycles. The number of hydrogen-bond acceptors (Lipinski definition) is 9. The van der Waals surface area contributed by atoms with E-state index in [9.17, 15) is 41.1 Å². The molecule has 5 N–H and O–H groups in total. The highest BCUT2D eigenvalue weighted by molar-refractivity contribution is 7.91. The largest absolute Gasteiger partial charge is 0.497 e. The van der Waals surface area contributed by atoms with Gasteiger partial charge in [-0.25, -0.2) is 8.42 Å². The summed E-state index contributed by atoms with van der Waals surface area (Å²) in [5.41, 5.74) is 7.52. The summed E-state index contributed by atoms with van der Waals surface area (Å²) in [6.07, 6.45) is -4.77. The van der Waals surface area contributed by atoms with Gasteiger partial charge >= 0.3 is 6.18 Å². The number of aliphatic hydroxyl groups excluding tert-OH is 1. The normalized spacial score (nSPS) is 20.2. The number of ketones is 1. The van der Waals surface area contributed by atoms with Crippen molar-refractivity contribution in [2.45, 2.75) is 106 Å². The second kappa shape index (κ2) is 18.3. The van der Waals surface area contributed by atoms with Crippen molar-refractivity contribution in [2.75, 3.05) is 13.7 Å². The van der Waals surface area contributed by atoms with Crippen LogP contribution in [0, 0.1) is 5.92 Å². The van der Waals surface area contributed by atoms with Gasteiger partial charge in [0.25, 0.3) is 5.78 Å². The predicted molar refractivity (Wildman–Crippen MR) is 210 cm³/mol. The lowest BCUT2D eigenvalue weighted by Crippen LogP contribution is -2.60. The molecule has 2 amide bonds. The second-order valence-electron chi connectivity index (χ2n) is 15.3. The fourth-order valence-electron chi connectivity index (χ4n) is 7.89. The number of nitrogens with one attached hydrogen (secondary N) is 2. The highest BCUT2D eigenvalue weighted by Crippen LogP contribution is 2.42. The molecular formula is C41H50ClF3N4O7S. The first-order chi connectivity index (χ1) is 26.9. The Morgan fingerprint density at radius 1 is 0.947 bits per heavy atom. The Bertz CT molecular complexity index is 1970. The zero-order valence-electron chi connectivity index (χ0n) is 32.1. The van der Waals surface area contributed by atoms with Crippen LogP contribution in [0.5, 0.6) is 5.75 Å². The van der Waals surface area contributed by atoms with Crippen LogP contribution in [0.1, 0.15) is 68.2 Å². The third-order valence-corrected chi connectivity index (χ3v) is 13.5. The Morgan fingerprint density at radius 2 is 1.53 bits per heavy atom. The summed E-state index contributed by atoms with van der Waals surface area (Å²) < 4.78 is 74.1. The van der Waals surface area contributed by atoms with E-state index in [2.05, 4.69) is 10.6 Å². The first kappa shape index (κ1) is 44.1. The van der Waals surface area contributed by atoms with E-state index in [1.807, 2.05) is 0 Å². The van der Waals surface area contributed by atoms with Gasteiger partial charge in [0.1, 0.15) is 12.0 Å². The van der Waals surface area contributed by atoms with Crippen LogP contribution in [-0.4, -0.2) is 85.5 Å². The number of sulfone groups is 1. The van der Waals surface area contributed by atoms with E-state index in [4.69, 9.17) is 22.1 Å². The van der Waals surface area contributed by atoms with Crippen LogP contribution >= 0.6 is 11.6 Å². The molecule has 5 atom stereocenters. The van der Waals surface area contributed by atoms with Gasteiger partial charge in [-0.1, -0.05) is 86.8 Å². The van der Waals surface area contributed by atoms with Gasteiger partial charge in [-0.05, 0) is 78.1 Å². The molecular weight excluding hydrogens is 785 g/mol. The molecule has 2 aliphatic rings. The maximum atomic E-state index is 14.5. The first-order valence-electron chi connectivity index (χ1n) is 18.9. The summed E-state index contributed by atoms with van der Waals surface area (Å²) in [4.78, 5) is 42.2. The van der Waals surface area contributed by atoms with E-state index in [0.717, 1.165) is 24.0 Å². The monoisotopic (exact) mass is 834 g/mol. The second-order valence-corrected chi connectivity index (χ2v) is 18.0. The molecule has 1 saturated heterocycles. The molecule has 57 heavy (non-hydrogen) atoms. The van der Waals surface area contributed by atoms with Crippen LogP contribution < -0.4 is 21.1 Å². The van der Waals surface area contributed by atoms with Crippen LogP contribution in [0.4, 0.5) is 13.2 Å². The Hall–Kier alpha value is -4.02. The minimum atomic E-state index is -5.25. The van der Waals surface area contributed by atoms with Crippen molar-refractivity contribution in [2.24, 2.45) is 11.7 Å². The van der Waals surface area contributed by atoms with Crippen LogP contribution in [-0.2, 0) is 48.4 Å². The number of alkyl halides is 3. The topological polar surface area (TPSA) is 168 Å². The maximum Gasteiger partial charge on any atom is 0.452 e. The molecule has 3 aromatic carbocycles. The third kappa shape index (κ3) is 10.4. The minimum Gasteiger partial charge on any atom is -0.497 e. The van der Waals surface area contributed by atoms with Crippen molar-refractivity contribution < 1.29 is 45.8 Å². The SMILES string of the molecule is COc1ccc(CS(=O)(=O)[C@@H]2C[C@@H](C(=O)N[C@H](C(=O)C(F)(F)F)C(C)C)N(C(O)[C@H](Cc3ccc(CN)cc3)NC(=O)C3(c4ccc(Cl)cc4)CCCC3)C2)cc1. The maximum absolute atomic E-state index is 14.5. The van der Waals surface area contributed by atoms with Crippen molar-refractivity contribution in [3.05, 3.63) is 100 Å². The predicted octanol–water partition coefficient (Wildman–Crippen LogP) is 5.00. The van der Waals surface area contributed by atoms with Gasteiger partial charge in [0.2, 0.25) is 11.8 Å². The molecule has 2 fully saturated rings. The number of nitrogens with two attached hydrogens (primary N) is 1. The lowest BCUT2D eigenvalue weighted by Gasteiger charge is -2.37. The number of carbonyl (C=O) groups is 3. The Balaban J connectivity index is 1.52. The number of benzene rings is 3. The van der Waals surface area contributed by atoms with Gasteiger partial charge in [-0.2, -0.15) is 13.2 Å². The fourth-order valence-corrected chi connectivity index (χ4v) is 9.79. The van der Waals surface area contributed by atoms with E-state index in [1.54, 1.807) is 72.8 Å². The molecule has 0 spiro atoms. The summed E-state index contributed by atoms with van der Waals surface area (Å²) >= 11 is 6.18. The Labute approximate surface area is 336 Å². The number of aliphatic hydroxyl groups is 1. The number of likely N-dealkylation sites (tertiary alicyclic amines) is 1. The van der Waals surface area contributed by atoms with Crippen LogP contribution in [0.3, 0.4) is 0 Å². The molecule has 1 saturated carbocycles. The zero-order valence-corrected chi connectivity index (χ0v) is 33.7. The van der Waals surface area contributed by atoms with Crippen LogP contribution in [0.25, 0.3) is 0 Å². The van der Waals surface area contributed by atoms with Crippen molar-refractivity contribution in [3.63, 3.8) is 0 Å². The van der Waals surface area contributed by atoms with Gasteiger partial charge < -0.3 is 26.2 Å². The number of carbonyl (C=O) groups excluding carboxylic acids is 3. The third-order valence-electron chi connectivity index (χ3n) is 11.2. The molecule has 1 heterocycles. The smallest absolute Gasteiger partial charge is 0.452 e. The number of ether oxygens (including phenoxy) is 1. The number of rotatable bonds is 16. The molecule has 0 aromatic heterocycles. The zero-order chi connectivity index (χ0) is 41.7. The van der Waals surface area contributed by atoms with Gasteiger partial charge in [0.05, 0.1) is 41.7 Å².